The lowest BCUT2D eigenvalue weighted by atomic mass is 10.1. The summed E-state index contributed by atoms with van der Waals surface area (Å²) in [6.07, 6.45) is 6.85. The molecule has 1 aromatic heterocycles. The highest BCUT2D eigenvalue weighted by Crippen LogP contribution is 2.03. The molecule has 1 rings (SSSR count). The van der Waals surface area contributed by atoms with Gasteiger partial charge in [0.25, 0.3) is 0 Å². The first-order chi connectivity index (χ1) is 6.36. The molecular formula is C10H18N2O. The van der Waals surface area contributed by atoms with Crippen LogP contribution >= 0.6 is 0 Å². The zero-order chi connectivity index (χ0) is 9.52. The summed E-state index contributed by atoms with van der Waals surface area (Å²) in [5.74, 6) is 0.912. The predicted molar refractivity (Wildman–Crippen MR) is 52.3 cm³/mol. The van der Waals surface area contributed by atoms with Crippen molar-refractivity contribution in [2.24, 2.45) is 0 Å². The highest BCUT2D eigenvalue weighted by molar-refractivity contribution is 4.87. The molecule has 0 aliphatic carbocycles. The fourth-order valence-electron chi connectivity index (χ4n) is 1.37. The van der Waals surface area contributed by atoms with Crippen LogP contribution in [0.25, 0.3) is 0 Å². The van der Waals surface area contributed by atoms with E-state index in [1.165, 1.54) is 25.7 Å². The molecule has 0 spiro atoms. The minimum Gasteiger partial charge on any atom is -0.447 e. The molecule has 0 bridgehead atoms. The van der Waals surface area contributed by atoms with Crippen LogP contribution in [0.1, 0.15) is 38.9 Å². The Labute approximate surface area is 79.5 Å². The highest BCUT2D eigenvalue weighted by atomic mass is 16.3. The number of aromatic nitrogens is 1. The quantitative estimate of drug-likeness (QED) is 0.733. The van der Waals surface area contributed by atoms with Crippen LogP contribution in [-0.2, 0) is 6.54 Å². The third-order valence-electron chi connectivity index (χ3n) is 2.18. The maximum absolute atomic E-state index is 5.13. The van der Waals surface area contributed by atoms with Crippen LogP contribution in [0.5, 0.6) is 0 Å². The summed E-state index contributed by atoms with van der Waals surface area (Å²) in [5.41, 5.74) is 0. The summed E-state index contributed by atoms with van der Waals surface area (Å²) in [5, 5.41) is 3.44. The van der Waals surface area contributed by atoms with Gasteiger partial charge in [-0.2, -0.15) is 0 Å². The van der Waals surface area contributed by atoms with Crippen LogP contribution in [0, 0.1) is 0 Å². The van der Waals surface area contributed by atoms with Gasteiger partial charge in [0.2, 0.25) is 0 Å². The molecule has 0 saturated carbocycles. The Morgan fingerprint density at radius 2 is 2.38 bits per heavy atom. The van der Waals surface area contributed by atoms with Crippen molar-refractivity contribution in [3.8, 4) is 0 Å². The molecule has 74 valence electrons. The van der Waals surface area contributed by atoms with Crippen LogP contribution in [0.4, 0.5) is 0 Å². The first-order valence-electron chi connectivity index (χ1n) is 4.97. The topological polar surface area (TPSA) is 38.1 Å². The minimum absolute atomic E-state index is 0.607. The van der Waals surface area contributed by atoms with Gasteiger partial charge in [-0.05, 0) is 12.8 Å². The van der Waals surface area contributed by atoms with E-state index in [9.17, 15) is 0 Å². The Kier molecular flexibility index (Phi) is 4.54. The van der Waals surface area contributed by atoms with Crippen LogP contribution < -0.4 is 5.32 Å². The summed E-state index contributed by atoms with van der Waals surface area (Å²) in [7, 11) is 0. The van der Waals surface area contributed by atoms with Gasteiger partial charge in [-0.15, -0.1) is 0 Å². The van der Waals surface area contributed by atoms with Crippen LogP contribution in [0.15, 0.2) is 17.0 Å². The fraction of sp³-hybridized carbons (Fsp3) is 0.700. The molecule has 1 atom stereocenters. The smallest absolute Gasteiger partial charge is 0.180 e. The summed E-state index contributed by atoms with van der Waals surface area (Å²) >= 11 is 0. The van der Waals surface area contributed by atoms with Crippen molar-refractivity contribution in [2.75, 3.05) is 0 Å². The summed E-state index contributed by atoms with van der Waals surface area (Å²) < 4.78 is 5.13. The SMILES string of the molecule is CCCC(CC)NCc1cnco1. The molecule has 0 aromatic carbocycles. The van der Waals surface area contributed by atoms with E-state index in [0.29, 0.717) is 6.04 Å². The van der Waals surface area contributed by atoms with Crippen LogP contribution in [-0.4, -0.2) is 11.0 Å². The number of nitrogens with one attached hydrogen (secondary N) is 1. The Bertz CT molecular complexity index is 209. The number of rotatable bonds is 6. The normalized spacial score (nSPS) is 13.1. The molecule has 0 radical (unpaired) electrons. The Morgan fingerprint density at radius 1 is 1.54 bits per heavy atom. The largest absolute Gasteiger partial charge is 0.447 e. The maximum Gasteiger partial charge on any atom is 0.180 e. The Balaban J connectivity index is 2.23. The highest BCUT2D eigenvalue weighted by Gasteiger charge is 2.04. The van der Waals surface area contributed by atoms with Gasteiger partial charge < -0.3 is 9.73 Å². The molecule has 3 heteroatoms. The van der Waals surface area contributed by atoms with Gasteiger partial charge in [0.05, 0.1) is 12.7 Å². The van der Waals surface area contributed by atoms with E-state index in [4.69, 9.17) is 4.42 Å². The zero-order valence-electron chi connectivity index (χ0n) is 8.42. The third kappa shape index (κ3) is 3.59. The lowest BCUT2D eigenvalue weighted by Gasteiger charge is -2.14. The average Bonchev–Trinajstić information content (AvgIpc) is 2.64. The second-order valence-electron chi connectivity index (χ2n) is 3.24. The number of hydrogen-bond acceptors (Lipinski definition) is 3. The number of oxazole rings is 1. The van der Waals surface area contributed by atoms with Gasteiger partial charge in [-0.3, -0.25) is 0 Å². The molecule has 1 aromatic rings. The Morgan fingerprint density at radius 3 is 2.92 bits per heavy atom. The van der Waals surface area contributed by atoms with E-state index in [1.54, 1.807) is 6.20 Å². The fourth-order valence-corrected chi connectivity index (χ4v) is 1.37. The van der Waals surface area contributed by atoms with Gasteiger partial charge in [0.1, 0.15) is 5.76 Å². The van der Waals surface area contributed by atoms with Crippen molar-refractivity contribution in [2.45, 2.75) is 45.7 Å². The molecule has 0 aliphatic heterocycles. The minimum atomic E-state index is 0.607. The van der Waals surface area contributed by atoms with Gasteiger partial charge in [-0.1, -0.05) is 20.3 Å². The molecular weight excluding hydrogens is 164 g/mol. The first-order valence-corrected chi connectivity index (χ1v) is 4.97. The average molecular weight is 182 g/mol. The van der Waals surface area contributed by atoms with Gasteiger partial charge in [0, 0.05) is 6.04 Å². The third-order valence-corrected chi connectivity index (χ3v) is 2.18. The lowest BCUT2D eigenvalue weighted by molar-refractivity contribution is 0.417. The Hall–Kier alpha value is -0.830. The standard InChI is InChI=1S/C10H18N2O/c1-3-5-9(4-2)12-7-10-6-11-8-13-10/h6,8-9,12H,3-5,7H2,1-2H3. The van der Waals surface area contributed by atoms with Crippen LogP contribution in [0.3, 0.4) is 0 Å². The van der Waals surface area contributed by atoms with E-state index < -0.39 is 0 Å². The van der Waals surface area contributed by atoms with Crippen molar-refractivity contribution >= 4 is 0 Å². The van der Waals surface area contributed by atoms with Crippen molar-refractivity contribution in [3.05, 3.63) is 18.4 Å². The molecule has 0 fully saturated rings. The van der Waals surface area contributed by atoms with E-state index in [1.807, 2.05) is 0 Å². The maximum atomic E-state index is 5.13. The summed E-state index contributed by atoms with van der Waals surface area (Å²) in [6.45, 7) is 5.20. The van der Waals surface area contributed by atoms with E-state index in [2.05, 4.69) is 24.1 Å². The van der Waals surface area contributed by atoms with E-state index in [0.717, 1.165) is 12.3 Å². The van der Waals surface area contributed by atoms with E-state index in [-0.39, 0.29) is 0 Å². The zero-order valence-corrected chi connectivity index (χ0v) is 8.42. The number of nitrogens with zero attached hydrogens (tertiary/aromatic N) is 1. The molecule has 1 N–H and O–H groups in total. The summed E-state index contributed by atoms with van der Waals surface area (Å²) in [6, 6.07) is 0.607. The van der Waals surface area contributed by atoms with Gasteiger partial charge >= 0.3 is 0 Å². The molecule has 1 unspecified atom stereocenters. The summed E-state index contributed by atoms with van der Waals surface area (Å²) in [4.78, 5) is 3.87. The molecule has 0 aliphatic rings. The van der Waals surface area contributed by atoms with Gasteiger partial charge in [0.15, 0.2) is 6.39 Å². The molecule has 3 nitrogen and oxygen atoms in total. The van der Waals surface area contributed by atoms with Crippen molar-refractivity contribution in [3.63, 3.8) is 0 Å². The van der Waals surface area contributed by atoms with E-state index >= 15 is 0 Å². The van der Waals surface area contributed by atoms with Crippen molar-refractivity contribution in [1.29, 1.82) is 0 Å². The second kappa shape index (κ2) is 5.75. The van der Waals surface area contributed by atoms with Crippen molar-refractivity contribution < 1.29 is 4.42 Å². The molecule has 1 heterocycles. The second-order valence-corrected chi connectivity index (χ2v) is 3.24. The van der Waals surface area contributed by atoms with Crippen molar-refractivity contribution in [1.82, 2.24) is 10.3 Å². The van der Waals surface area contributed by atoms with Crippen LogP contribution in [0.2, 0.25) is 0 Å². The van der Waals surface area contributed by atoms with Gasteiger partial charge in [-0.25, -0.2) is 4.98 Å². The molecule has 0 saturated heterocycles. The first kappa shape index (κ1) is 10.3. The molecule has 13 heavy (non-hydrogen) atoms. The molecule has 0 amide bonds. The lowest BCUT2D eigenvalue weighted by Crippen LogP contribution is -2.27. The predicted octanol–water partition coefficient (Wildman–Crippen LogP) is 2.34. The number of hydrogen-bond donors (Lipinski definition) is 1. The monoisotopic (exact) mass is 182 g/mol.